The Hall–Kier alpha value is -4.21. The minimum absolute atomic E-state index is 0.132. The fraction of sp³-hybridized carbons (Fsp3) is 0.143. The lowest BCUT2D eigenvalue weighted by Gasteiger charge is -2.10. The smallest absolute Gasteiger partial charge is 0.293 e. The Morgan fingerprint density at radius 1 is 1.16 bits per heavy atom. The van der Waals surface area contributed by atoms with Gasteiger partial charge in [-0.15, -0.1) is 0 Å². The zero-order valence-corrected chi connectivity index (χ0v) is 16.3. The lowest BCUT2D eigenvalue weighted by atomic mass is 10.2. The summed E-state index contributed by atoms with van der Waals surface area (Å²) in [6.45, 7) is 1.57. The fourth-order valence-corrected chi connectivity index (χ4v) is 3.42. The molecule has 0 atom stereocenters. The molecule has 0 aliphatic carbocycles. The summed E-state index contributed by atoms with van der Waals surface area (Å²) in [4.78, 5) is 25.7. The number of ether oxygens (including phenoxy) is 2. The fourth-order valence-electron chi connectivity index (χ4n) is 3.42. The highest BCUT2D eigenvalue weighted by Gasteiger charge is 2.18. The van der Waals surface area contributed by atoms with Gasteiger partial charge in [-0.1, -0.05) is 0 Å². The molecule has 0 spiro atoms. The maximum absolute atomic E-state index is 13.3. The second-order valence-electron chi connectivity index (χ2n) is 6.96. The van der Waals surface area contributed by atoms with Crippen molar-refractivity contribution in [3.63, 3.8) is 0 Å². The highest BCUT2D eigenvalue weighted by molar-refractivity contribution is 5.91. The summed E-state index contributed by atoms with van der Waals surface area (Å²) >= 11 is 0. The largest absolute Gasteiger partial charge is 0.454 e. The molecule has 0 bridgehead atoms. The van der Waals surface area contributed by atoms with E-state index in [9.17, 15) is 14.0 Å². The van der Waals surface area contributed by atoms with Crippen molar-refractivity contribution in [2.75, 3.05) is 12.1 Å². The van der Waals surface area contributed by atoms with Gasteiger partial charge in [-0.2, -0.15) is 10.2 Å². The Bertz CT molecular complexity index is 1380. The van der Waals surface area contributed by atoms with E-state index in [-0.39, 0.29) is 18.9 Å². The van der Waals surface area contributed by atoms with Crippen LogP contribution in [-0.4, -0.2) is 32.3 Å². The number of nitrogens with one attached hydrogen (secondary N) is 1. The molecule has 0 saturated heterocycles. The average molecular weight is 421 g/mol. The van der Waals surface area contributed by atoms with Crippen LogP contribution >= 0.6 is 0 Å². The molecule has 156 valence electrons. The molecule has 1 N–H and O–H groups in total. The van der Waals surface area contributed by atoms with Gasteiger partial charge in [0.1, 0.15) is 17.9 Å². The number of nitrogens with zero attached hydrogens (tertiary/aromatic N) is 4. The van der Waals surface area contributed by atoms with Gasteiger partial charge in [0.15, 0.2) is 11.5 Å². The van der Waals surface area contributed by atoms with E-state index >= 15 is 0 Å². The van der Waals surface area contributed by atoms with Crippen LogP contribution in [0.5, 0.6) is 11.5 Å². The topological polar surface area (TPSA) is 100 Å². The summed E-state index contributed by atoms with van der Waals surface area (Å²) in [6, 6.07) is 10.6. The van der Waals surface area contributed by atoms with Crippen LogP contribution in [0.2, 0.25) is 0 Å². The molecule has 0 radical (unpaired) electrons. The third kappa shape index (κ3) is 3.37. The number of fused-ring (bicyclic) bond motifs is 2. The summed E-state index contributed by atoms with van der Waals surface area (Å²) in [5.41, 5.74) is 1.35. The Morgan fingerprint density at radius 3 is 2.74 bits per heavy atom. The van der Waals surface area contributed by atoms with Crippen LogP contribution < -0.4 is 20.3 Å². The van der Waals surface area contributed by atoms with Crippen molar-refractivity contribution in [2.24, 2.45) is 0 Å². The van der Waals surface area contributed by atoms with Gasteiger partial charge in [-0.05, 0) is 43.3 Å². The molecule has 5 rings (SSSR count). The van der Waals surface area contributed by atoms with Gasteiger partial charge in [0.05, 0.1) is 17.6 Å². The summed E-state index contributed by atoms with van der Waals surface area (Å²) < 4.78 is 26.3. The number of hydrogen-bond donors (Lipinski definition) is 1. The first-order valence-electron chi connectivity index (χ1n) is 9.40. The quantitative estimate of drug-likeness (QED) is 0.543. The van der Waals surface area contributed by atoms with E-state index in [0.29, 0.717) is 34.0 Å². The minimum Gasteiger partial charge on any atom is -0.454 e. The van der Waals surface area contributed by atoms with Crippen molar-refractivity contribution in [3.05, 3.63) is 70.5 Å². The molecule has 10 heteroatoms. The maximum atomic E-state index is 13.3. The highest BCUT2D eigenvalue weighted by Crippen LogP contribution is 2.34. The monoisotopic (exact) mass is 421 g/mol. The molecule has 31 heavy (non-hydrogen) atoms. The Labute approximate surface area is 174 Å². The van der Waals surface area contributed by atoms with Gasteiger partial charge in [0.2, 0.25) is 12.7 Å². The van der Waals surface area contributed by atoms with Crippen molar-refractivity contribution in [3.8, 4) is 17.2 Å². The van der Waals surface area contributed by atoms with Crippen molar-refractivity contribution in [1.29, 1.82) is 0 Å². The second kappa shape index (κ2) is 7.24. The van der Waals surface area contributed by atoms with Crippen LogP contribution in [0.15, 0.2) is 53.5 Å². The first-order valence-corrected chi connectivity index (χ1v) is 9.40. The van der Waals surface area contributed by atoms with E-state index in [2.05, 4.69) is 15.5 Å². The van der Waals surface area contributed by atoms with Crippen LogP contribution in [-0.2, 0) is 11.3 Å². The number of aromatic nitrogens is 4. The summed E-state index contributed by atoms with van der Waals surface area (Å²) in [5, 5.41) is 11.8. The third-order valence-electron chi connectivity index (χ3n) is 4.89. The number of benzene rings is 2. The van der Waals surface area contributed by atoms with Gasteiger partial charge >= 0.3 is 0 Å². The first-order chi connectivity index (χ1) is 15.0. The molecule has 1 aliphatic rings. The van der Waals surface area contributed by atoms with Crippen LogP contribution in [0.4, 0.5) is 10.1 Å². The molecule has 0 unspecified atom stereocenters. The van der Waals surface area contributed by atoms with Crippen LogP contribution in [0, 0.1) is 12.7 Å². The number of carbonyl (C=O) groups excluding carboxylic acids is 1. The number of anilines is 1. The summed E-state index contributed by atoms with van der Waals surface area (Å²) in [7, 11) is 0. The lowest BCUT2D eigenvalue weighted by molar-refractivity contribution is -0.117. The Balaban J connectivity index is 1.46. The van der Waals surface area contributed by atoms with Gasteiger partial charge in [0.25, 0.3) is 5.56 Å². The molecule has 4 aromatic rings. The predicted molar refractivity (Wildman–Crippen MR) is 109 cm³/mol. The molecular weight excluding hydrogens is 405 g/mol. The lowest BCUT2D eigenvalue weighted by Crippen LogP contribution is -2.31. The Morgan fingerprint density at radius 2 is 1.94 bits per heavy atom. The Kier molecular flexibility index (Phi) is 4.39. The SMILES string of the molecule is Cc1nn(CC(=O)Nc2ccc3c(c2)OCO3)c(=O)c2c1cnn2-c1ccc(F)cc1. The summed E-state index contributed by atoms with van der Waals surface area (Å²) in [5.74, 6) is 0.315. The molecular formula is C21H16FN5O4. The molecule has 2 aromatic heterocycles. The van der Waals surface area contributed by atoms with E-state index in [4.69, 9.17) is 9.47 Å². The van der Waals surface area contributed by atoms with E-state index in [0.717, 1.165) is 4.68 Å². The molecule has 9 nitrogen and oxygen atoms in total. The van der Waals surface area contributed by atoms with Crippen molar-refractivity contribution in [2.45, 2.75) is 13.5 Å². The van der Waals surface area contributed by atoms with Crippen molar-refractivity contribution < 1.29 is 18.7 Å². The third-order valence-corrected chi connectivity index (χ3v) is 4.89. The maximum Gasteiger partial charge on any atom is 0.293 e. The van der Waals surface area contributed by atoms with Crippen LogP contribution in [0.25, 0.3) is 16.6 Å². The number of halogens is 1. The van der Waals surface area contributed by atoms with Crippen molar-refractivity contribution >= 4 is 22.5 Å². The number of hydrogen-bond acceptors (Lipinski definition) is 6. The summed E-state index contributed by atoms with van der Waals surface area (Å²) in [6.07, 6.45) is 1.53. The zero-order chi connectivity index (χ0) is 21.5. The van der Waals surface area contributed by atoms with Crippen LogP contribution in [0.3, 0.4) is 0 Å². The normalized spacial score (nSPS) is 12.3. The van der Waals surface area contributed by atoms with E-state index in [1.165, 1.54) is 35.1 Å². The highest BCUT2D eigenvalue weighted by atomic mass is 19.1. The number of rotatable bonds is 4. The number of aryl methyl sites for hydroxylation is 1. The van der Waals surface area contributed by atoms with Gasteiger partial charge in [-0.3, -0.25) is 9.59 Å². The molecule has 1 amide bonds. The van der Waals surface area contributed by atoms with Gasteiger partial charge < -0.3 is 14.8 Å². The standard InChI is InChI=1S/C21H16FN5O4/c1-12-16-9-23-27(15-5-2-13(22)3-6-15)20(16)21(29)26(25-12)10-19(28)24-14-4-7-17-18(8-14)31-11-30-17/h2-9H,10-11H2,1H3,(H,24,28). The second-order valence-corrected chi connectivity index (χ2v) is 6.96. The number of amides is 1. The van der Waals surface area contributed by atoms with E-state index in [1.54, 1.807) is 25.1 Å². The number of carbonyl (C=O) groups is 1. The van der Waals surface area contributed by atoms with E-state index < -0.39 is 17.3 Å². The zero-order valence-electron chi connectivity index (χ0n) is 16.3. The van der Waals surface area contributed by atoms with Gasteiger partial charge in [-0.25, -0.2) is 13.8 Å². The minimum atomic E-state index is -0.483. The molecule has 1 aliphatic heterocycles. The van der Waals surface area contributed by atoms with Crippen LogP contribution in [0.1, 0.15) is 5.69 Å². The molecule has 3 heterocycles. The van der Waals surface area contributed by atoms with Crippen molar-refractivity contribution in [1.82, 2.24) is 19.6 Å². The van der Waals surface area contributed by atoms with Gasteiger partial charge in [0, 0.05) is 17.1 Å². The molecule has 0 saturated carbocycles. The van der Waals surface area contributed by atoms with E-state index in [1.807, 2.05) is 0 Å². The molecule has 0 fully saturated rings. The molecule has 2 aromatic carbocycles. The average Bonchev–Trinajstić information content (AvgIpc) is 3.39. The predicted octanol–water partition coefficient (Wildman–Crippen LogP) is 2.40. The first kappa shape index (κ1) is 18.8.